The maximum absolute atomic E-state index is 12.4. The Morgan fingerprint density at radius 3 is 2.60 bits per heavy atom. The van der Waals surface area contributed by atoms with Crippen molar-refractivity contribution in [3.63, 3.8) is 0 Å². The van der Waals surface area contributed by atoms with Crippen molar-refractivity contribution in [2.24, 2.45) is 0 Å². The van der Waals surface area contributed by atoms with Crippen LogP contribution in [0.5, 0.6) is 0 Å². The number of likely N-dealkylation sites (tertiary alicyclic amines) is 1. The molecule has 1 N–H and O–H groups in total. The molecule has 0 radical (unpaired) electrons. The molecule has 20 heavy (non-hydrogen) atoms. The molecular formula is C14H19NO4S. The van der Waals surface area contributed by atoms with E-state index in [2.05, 4.69) is 6.92 Å². The van der Waals surface area contributed by atoms with Crippen molar-refractivity contribution >= 4 is 23.2 Å². The predicted molar refractivity (Wildman–Crippen MR) is 76.4 cm³/mol. The van der Waals surface area contributed by atoms with Crippen molar-refractivity contribution in [2.75, 3.05) is 20.2 Å². The molecule has 0 saturated carbocycles. The molecule has 1 saturated heterocycles. The summed E-state index contributed by atoms with van der Waals surface area (Å²) in [7, 11) is 1.70. The number of aromatic carboxylic acids is 1. The average Bonchev–Trinajstić information content (AvgIpc) is 2.83. The Labute approximate surface area is 122 Å². The van der Waals surface area contributed by atoms with Crippen LogP contribution in [0.4, 0.5) is 0 Å². The van der Waals surface area contributed by atoms with Crippen molar-refractivity contribution in [3.8, 4) is 0 Å². The van der Waals surface area contributed by atoms with Gasteiger partial charge in [-0.25, -0.2) is 4.79 Å². The van der Waals surface area contributed by atoms with E-state index in [1.54, 1.807) is 18.1 Å². The van der Waals surface area contributed by atoms with Crippen LogP contribution in [-0.2, 0) is 4.74 Å². The minimum absolute atomic E-state index is 0.0807. The molecule has 5 nitrogen and oxygen atoms in total. The third-order valence-electron chi connectivity index (χ3n) is 3.85. The van der Waals surface area contributed by atoms with Gasteiger partial charge >= 0.3 is 5.97 Å². The van der Waals surface area contributed by atoms with E-state index in [9.17, 15) is 9.59 Å². The molecule has 110 valence electrons. The van der Waals surface area contributed by atoms with Crippen LogP contribution in [0, 0.1) is 0 Å². The second kappa shape index (κ2) is 5.93. The summed E-state index contributed by atoms with van der Waals surface area (Å²) in [5, 5.41) is 8.90. The summed E-state index contributed by atoms with van der Waals surface area (Å²) < 4.78 is 5.51. The minimum atomic E-state index is -0.989. The van der Waals surface area contributed by atoms with Crippen LogP contribution in [0.3, 0.4) is 0 Å². The summed E-state index contributed by atoms with van der Waals surface area (Å²) in [6, 6.07) is 3.08. The first-order valence-corrected chi connectivity index (χ1v) is 7.44. The van der Waals surface area contributed by atoms with Gasteiger partial charge in [0.2, 0.25) is 0 Å². The van der Waals surface area contributed by atoms with Gasteiger partial charge in [0.1, 0.15) is 4.88 Å². The molecule has 0 spiro atoms. The molecule has 1 fully saturated rings. The zero-order chi connectivity index (χ0) is 14.8. The van der Waals surface area contributed by atoms with Crippen molar-refractivity contribution < 1.29 is 19.4 Å². The molecule has 1 aromatic heterocycles. The van der Waals surface area contributed by atoms with Gasteiger partial charge in [-0.3, -0.25) is 4.79 Å². The monoisotopic (exact) mass is 297 g/mol. The number of thiophene rings is 1. The number of carboxylic acids is 1. The van der Waals surface area contributed by atoms with Crippen molar-refractivity contribution in [1.82, 2.24) is 4.90 Å². The Hall–Kier alpha value is -1.40. The number of hydrogen-bond acceptors (Lipinski definition) is 4. The van der Waals surface area contributed by atoms with E-state index in [-0.39, 0.29) is 16.4 Å². The molecule has 0 bridgehead atoms. The van der Waals surface area contributed by atoms with Crippen molar-refractivity contribution in [3.05, 3.63) is 21.9 Å². The summed E-state index contributed by atoms with van der Waals surface area (Å²) in [5.41, 5.74) is -0.170. The molecule has 0 aromatic carbocycles. The van der Waals surface area contributed by atoms with Crippen LogP contribution in [-0.4, -0.2) is 47.7 Å². The Morgan fingerprint density at radius 1 is 1.30 bits per heavy atom. The lowest BCUT2D eigenvalue weighted by atomic mass is 9.97. The summed E-state index contributed by atoms with van der Waals surface area (Å²) in [4.78, 5) is 25.7. The van der Waals surface area contributed by atoms with Crippen LogP contribution in [0.15, 0.2) is 12.1 Å². The highest BCUT2D eigenvalue weighted by atomic mass is 32.1. The fourth-order valence-electron chi connectivity index (χ4n) is 2.38. The fraction of sp³-hybridized carbons (Fsp3) is 0.571. The molecule has 1 aliphatic heterocycles. The quantitative estimate of drug-likeness (QED) is 0.930. The summed E-state index contributed by atoms with van der Waals surface area (Å²) in [6.45, 7) is 3.40. The standard InChI is InChI=1S/C14H19NO4S/c1-14(19-2)6-3-8-15(9-7-14)12(16)10-4-5-11(20-10)13(17)18/h4-5H,3,6-9H2,1-2H3,(H,17,18)/t14-/m1/s1. The minimum Gasteiger partial charge on any atom is -0.477 e. The first-order valence-electron chi connectivity index (χ1n) is 6.63. The number of hydrogen-bond donors (Lipinski definition) is 1. The maximum Gasteiger partial charge on any atom is 0.345 e. The van der Waals surface area contributed by atoms with E-state index in [4.69, 9.17) is 9.84 Å². The molecule has 1 atom stereocenters. The van der Waals surface area contributed by atoms with Crippen LogP contribution >= 0.6 is 11.3 Å². The molecule has 1 aromatic rings. The second-order valence-electron chi connectivity index (χ2n) is 5.27. The lowest BCUT2D eigenvalue weighted by Crippen LogP contribution is -2.33. The Morgan fingerprint density at radius 2 is 2.00 bits per heavy atom. The average molecular weight is 297 g/mol. The van der Waals surface area contributed by atoms with Gasteiger partial charge in [0.15, 0.2) is 0 Å². The first-order chi connectivity index (χ1) is 9.45. The van der Waals surface area contributed by atoms with Gasteiger partial charge in [-0.1, -0.05) is 0 Å². The van der Waals surface area contributed by atoms with Crippen LogP contribution in [0.1, 0.15) is 45.5 Å². The summed E-state index contributed by atoms with van der Waals surface area (Å²) in [6.07, 6.45) is 2.62. The number of nitrogens with zero attached hydrogens (tertiary/aromatic N) is 1. The Balaban J connectivity index is 2.07. The molecule has 0 unspecified atom stereocenters. The third kappa shape index (κ3) is 3.19. The van der Waals surface area contributed by atoms with Crippen molar-refractivity contribution in [1.29, 1.82) is 0 Å². The van der Waals surface area contributed by atoms with Gasteiger partial charge in [-0.2, -0.15) is 0 Å². The Kier molecular flexibility index (Phi) is 4.45. The first kappa shape index (κ1) is 15.0. The molecule has 2 heterocycles. The molecule has 1 amide bonds. The number of carbonyl (C=O) groups excluding carboxylic acids is 1. The molecular weight excluding hydrogens is 278 g/mol. The number of rotatable bonds is 3. The van der Waals surface area contributed by atoms with Gasteiger partial charge in [-0.15, -0.1) is 11.3 Å². The van der Waals surface area contributed by atoms with Gasteiger partial charge in [-0.05, 0) is 38.3 Å². The predicted octanol–water partition coefficient (Wildman–Crippen LogP) is 2.48. The highest BCUT2D eigenvalue weighted by molar-refractivity contribution is 7.15. The summed E-state index contributed by atoms with van der Waals surface area (Å²) in [5.74, 6) is -1.07. The molecule has 1 aliphatic rings. The topological polar surface area (TPSA) is 66.8 Å². The number of carbonyl (C=O) groups is 2. The summed E-state index contributed by atoms with van der Waals surface area (Å²) >= 11 is 1.03. The maximum atomic E-state index is 12.4. The third-order valence-corrected chi connectivity index (χ3v) is 4.91. The number of ether oxygens (including phenoxy) is 1. The smallest absolute Gasteiger partial charge is 0.345 e. The fourth-order valence-corrected chi connectivity index (χ4v) is 3.20. The van der Waals surface area contributed by atoms with Crippen LogP contribution in [0.25, 0.3) is 0 Å². The number of amides is 1. The van der Waals surface area contributed by atoms with E-state index in [1.807, 2.05) is 0 Å². The van der Waals surface area contributed by atoms with Crippen LogP contribution < -0.4 is 0 Å². The highest BCUT2D eigenvalue weighted by Crippen LogP contribution is 2.27. The van der Waals surface area contributed by atoms with E-state index in [0.29, 0.717) is 18.0 Å². The van der Waals surface area contributed by atoms with E-state index in [1.165, 1.54) is 6.07 Å². The number of carboxylic acid groups (broad SMARTS) is 1. The molecule has 2 rings (SSSR count). The normalized spacial score (nSPS) is 23.4. The zero-order valence-corrected chi connectivity index (χ0v) is 12.5. The van der Waals surface area contributed by atoms with E-state index >= 15 is 0 Å². The zero-order valence-electron chi connectivity index (χ0n) is 11.7. The van der Waals surface area contributed by atoms with Gasteiger partial charge in [0.25, 0.3) is 5.91 Å². The van der Waals surface area contributed by atoms with Gasteiger partial charge in [0, 0.05) is 20.2 Å². The lowest BCUT2D eigenvalue weighted by Gasteiger charge is -2.26. The molecule has 6 heteroatoms. The van der Waals surface area contributed by atoms with E-state index < -0.39 is 5.97 Å². The SMILES string of the molecule is CO[C@]1(C)CCCN(C(=O)c2ccc(C(=O)O)s2)CC1. The second-order valence-corrected chi connectivity index (χ2v) is 6.35. The highest BCUT2D eigenvalue weighted by Gasteiger charge is 2.30. The van der Waals surface area contributed by atoms with Gasteiger partial charge < -0.3 is 14.7 Å². The van der Waals surface area contributed by atoms with Crippen LogP contribution in [0.2, 0.25) is 0 Å². The number of methoxy groups -OCH3 is 1. The molecule has 0 aliphatic carbocycles. The van der Waals surface area contributed by atoms with Crippen molar-refractivity contribution in [2.45, 2.75) is 31.8 Å². The lowest BCUT2D eigenvalue weighted by molar-refractivity contribution is -0.00536. The Bertz CT molecular complexity index is 513. The van der Waals surface area contributed by atoms with Gasteiger partial charge in [0.05, 0.1) is 10.5 Å². The van der Waals surface area contributed by atoms with E-state index in [0.717, 1.165) is 30.6 Å². The largest absolute Gasteiger partial charge is 0.477 e.